The third-order valence-corrected chi connectivity index (χ3v) is 14.9. The molecular formula is C57H50F3N15O. The summed E-state index contributed by atoms with van der Waals surface area (Å²) in [7, 11) is 3.70. The SMILES string of the molecule is Cc1ccc(CO)nc1-c1cnn(-c2cc(-c3ccc(F)cc3-c3nnc(C4CC4c4cc(-c5ccc(F)cc5-c5nncn5C)cc(-n5cc(-c6nc(CNC7CCC7)ccc6F)cn5)n4)n3C)cc(C3CC3)n2)c1. The molecule has 10 aromatic rings. The summed E-state index contributed by atoms with van der Waals surface area (Å²) < 4.78 is 53.1. The van der Waals surface area contributed by atoms with E-state index in [1.165, 1.54) is 36.8 Å². The summed E-state index contributed by atoms with van der Waals surface area (Å²) in [4.78, 5) is 19.6. The molecule has 3 aliphatic rings. The molecule has 2 aromatic carbocycles. The molecule has 2 atom stereocenters. The first-order valence-electron chi connectivity index (χ1n) is 25.5. The van der Waals surface area contributed by atoms with Crippen LogP contribution >= 0.6 is 0 Å². The van der Waals surface area contributed by atoms with Crippen LogP contribution in [0.5, 0.6) is 0 Å². The average molecular weight is 1020 g/mol. The number of benzene rings is 2. The van der Waals surface area contributed by atoms with Gasteiger partial charge < -0.3 is 19.6 Å². The van der Waals surface area contributed by atoms with Crippen molar-refractivity contribution >= 4 is 0 Å². The zero-order valence-electron chi connectivity index (χ0n) is 41.8. The molecule has 8 heterocycles. The smallest absolute Gasteiger partial charge is 0.164 e. The first-order valence-corrected chi connectivity index (χ1v) is 25.5. The predicted octanol–water partition coefficient (Wildman–Crippen LogP) is 9.91. The molecule has 8 aromatic heterocycles. The molecule has 16 nitrogen and oxygen atoms in total. The minimum absolute atomic E-state index is 0.118. The molecule has 3 saturated carbocycles. The number of aryl methyl sites for hydroxylation is 2. The number of halogens is 3. The molecule has 19 heteroatoms. The van der Waals surface area contributed by atoms with Gasteiger partial charge in [-0.05, 0) is 134 Å². The van der Waals surface area contributed by atoms with Gasteiger partial charge >= 0.3 is 0 Å². The molecule has 0 bridgehead atoms. The lowest BCUT2D eigenvalue weighted by atomic mass is 9.93. The van der Waals surface area contributed by atoms with E-state index in [0.717, 1.165) is 76.3 Å². The summed E-state index contributed by atoms with van der Waals surface area (Å²) in [6.07, 6.45) is 14.7. The van der Waals surface area contributed by atoms with Gasteiger partial charge in [0, 0.05) is 90.5 Å². The predicted molar refractivity (Wildman–Crippen MR) is 277 cm³/mol. The van der Waals surface area contributed by atoms with Crippen molar-refractivity contribution in [3.8, 4) is 79.2 Å². The average Bonchev–Trinajstić information content (AvgIpc) is 4.19. The van der Waals surface area contributed by atoms with Gasteiger partial charge in [-0.15, -0.1) is 20.4 Å². The molecule has 0 radical (unpaired) electrons. The van der Waals surface area contributed by atoms with Crippen molar-refractivity contribution < 1.29 is 18.3 Å². The van der Waals surface area contributed by atoms with E-state index in [9.17, 15) is 5.11 Å². The minimum atomic E-state index is -0.462. The Morgan fingerprint density at radius 3 is 1.91 bits per heavy atom. The van der Waals surface area contributed by atoms with Gasteiger partial charge in [0.05, 0.1) is 36.1 Å². The number of hydrogen-bond donors (Lipinski definition) is 2. The fourth-order valence-corrected chi connectivity index (χ4v) is 10.3. The number of aromatic nitrogens is 14. The van der Waals surface area contributed by atoms with Crippen LogP contribution in [0.3, 0.4) is 0 Å². The largest absolute Gasteiger partial charge is 0.390 e. The number of aliphatic hydroxyl groups is 1. The van der Waals surface area contributed by atoms with E-state index >= 15 is 13.2 Å². The van der Waals surface area contributed by atoms with Gasteiger partial charge in [-0.25, -0.2) is 42.5 Å². The number of aliphatic hydroxyl groups excluding tert-OH is 1. The van der Waals surface area contributed by atoms with E-state index in [-0.39, 0.29) is 24.1 Å². The van der Waals surface area contributed by atoms with Gasteiger partial charge in [-0.2, -0.15) is 10.2 Å². The number of hydrogen-bond acceptors (Lipinski definition) is 12. The summed E-state index contributed by atoms with van der Waals surface area (Å²) >= 11 is 0. The van der Waals surface area contributed by atoms with Crippen LogP contribution in [0.2, 0.25) is 0 Å². The third kappa shape index (κ3) is 8.93. The maximum Gasteiger partial charge on any atom is 0.164 e. The van der Waals surface area contributed by atoms with Crippen LogP contribution in [0, 0.1) is 24.4 Å². The van der Waals surface area contributed by atoms with Crippen LogP contribution in [0.4, 0.5) is 13.2 Å². The first-order chi connectivity index (χ1) is 37.0. The lowest BCUT2D eigenvalue weighted by Crippen LogP contribution is -2.34. The molecule has 2 unspecified atom stereocenters. The summed E-state index contributed by atoms with van der Waals surface area (Å²) in [5.74, 6) is 1.47. The van der Waals surface area contributed by atoms with E-state index in [0.29, 0.717) is 82.0 Å². The second-order valence-corrected chi connectivity index (χ2v) is 20.2. The molecule has 2 N–H and O–H groups in total. The monoisotopic (exact) mass is 1020 g/mol. The van der Waals surface area contributed by atoms with Crippen LogP contribution in [0.25, 0.3) is 79.2 Å². The lowest BCUT2D eigenvalue weighted by molar-refractivity contribution is 0.277. The van der Waals surface area contributed by atoms with E-state index in [1.54, 1.807) is 70.2 Å². The zero-order valence-corrected chi connectivity index (χ0v) is 41.8. The van der Waals surface area contributed by atoms with Gasteiger partial charge in [0.2, 0.25) is 0 Å². The van der Waals surface area contributed by atoms with Gasteiger partial charge in [-0.1, -0.05) is 24.6 Å². The van der Waals surface area contributed by atoms with Crippen LogP contribution in [-0.4, -0.2) is 80.2 Å². The molecule has 0 saturated heterocycles. The first kappa shape index (κ1) is 47.2. The maximum atomic E-state index is 15.5. The Labute approximate surface area is 434 Å². The second kappa shape index (κ2) is 19.0. The third-order valence-electron chi connectivity index (χ3n) is 14.9. The Morgan fingerprint density at radius 2 is 1.26 bits per heavy atom. The summed E-state index contributed by atoms with van der Waals surface area (Å²) in [5.41, 5.74) is 10.2. The fourth-order valence-electron chi connectivity index (χ4n) is 10.3. The molecule has 3 fully saturated rings. The number of nitrogens with zero attached hydrogens (tertiary/aromatic N) is 14. The van der Waals surface area contributed by atoms with Crippen molar-refractivity contribution in [2.24, 2.45) is 14.1 Å². The minimum Gasteiger partial charge on any atom is -0.390 e. The highest BCUT2D eigenvalue weighted by Gasteiger charge is 2.45. The Morgan fingerprint density at radius 1 is 0.618 bits per heavy atom. The maximum absolute atomic E-state index is 15.5. The normalized spacial score (nSPS) is 16.4. The number of pyridine rings is 4. The summed E-state index contributed by atoms with van der Waals surface area (Å²) in [6, 6.07) is 24.5. The fraction of sp³-hybridized carbons (Fsp3) is 0.263. The molecule has 76 heavy (non-hydrogen) atoms. The molecule has 0 aliphatic heterocycles. The topological polar surface area (TPSA) is 181 Å². The van der Waals surface area contributed by atoms with E-state index in [1.807, 2.05) is 49.0 Å². The highest BCUT2D eigenvalue weighted by Crippen LogP contribution is 2.55. The van der Waals surface area contributed by atoms with Crippen LogP contribution < -0.4 is 5.32 Å². The molecule has 0 amide bonds. The zero-order chi connectivity index (χ0) is 51.8. The van der Waals surface area contributed by atoms with Gasteiger partial charge in [0.1, 0.15) is 35.3 Å². The Balaban J connectivity index is 0.848. The Kier molecular flexibility index (Phi) is 11.8. The summed E-state index contributed by atoms with van der Waals surface area (Å²) in [5, 5.41) is 40.6. The molecule has 380 valence electrons. The standard InChI is InChI=1S/C57H50F3N15O/c1-31-7-12-41(29-76)66-53(31)35-24-63-74(27-35)51-19-33(17-49(67-51)32-8-9-32)43-15-11-38(59)22-46(43)56-70-71-57(73(56)3)47-23-44(47)50-18-34(42-14-10-37(58)21-45(42)55-69-62-30-72(55)2)20-52(68-50)75-28-36(25-64-75)54-48(60)16-13-40(65-54)26-61-39-5-4-6-39/h7,10-22,24-25,27-28,30,32,39,44,47,61,76H,4-6,8-9,23,26,29H2,1-3H3. The number of rotatable bonds is 15. The van der Waals surface area contributed by atoms with E-state index < -0.39 is 17.5 Å². The van der Waals surface area contributed by atoms with Gasteiger partial charge in [0.25, 0.3) is 0 Å². The van der Waals surface area contributed by atoms with E-state index in [4.69, 9.17) is 30.2 Å². The van der Waals surface area contributed by atoms with Gasteiger partial charge in [0.15, 0.2) is 23.3 Å². The quantitative estimate of drug-likeness (QED) is 0.0994. The number of nitrogens with one attached hydrogen (secondary N) is 1. The van der Waals surface area contributed by atoms with Crippen molar-refractivity contribution in [3.63, 3.8) is 0 Å². The molecule has 3 aliphatic carbocycles. The Bertz CT molecular complexity index is 3870. The Hall–Kier alpha value is -8.55. The molecule has 13 rings (SSSR count). The van der Waals surface area contributed by atoms with Crippen LogP contribution in [-0.2, 0) is 27.2 Å². The van der Waals surface area contributed by atoms with Crippen molar-refractivity contribution in [2.45, 2.75) is 82.4 Å². The van der Waals surface area contributed by atoms with Crippen molar-refractivity contribution in [3.05, 3.63) is 168 Å². The van der Waals surface area contributed by atoms with Gasteiger partial charge in [-0.3, -0.25) is 0 Å². The highest BCUT2D eigenvalue weighted by molar-refractivity contribution is 5.83. The van der Waals surface area contributed by atoms with Crippen molar-refractivity contribution in [1.82, 2.24) is 74.3 Å². The highest BCUT2D eigenvalue weighted by atomic mass is 19.1. The molecular weight excluding hydrogens is 968 g/mol. The molecule has 0 spiro atoms. The van der Waals surface area contributed by atoms with Crippen LogP contribution in [0.15, 0.2) is 116 Å². The van der Waals surface area contributed by atoms with Crippen molar-refractivity contribution in [2.75, 3.05) is 0 Å². The van der Waals surface area contributed by atoms with Crippen LogP contribution in [0.1, 0.15) is 90.4 Å². The summed E-state index contributed by atoms with van der Waals surface area (Å²) in [6.45, 7) is 2.33. The van der Waals surface area contributed by atoms with E-state index in [2.05, 4.69) is 31.7 Å². The lowest BCUT2D eigenvalue weighted by Gasteiger charge is -2.26. The second-order valence-electron chi connectivity index (χ2n) is 20.2. The van der Waals surface area contributed by atoms with Crippen molar-refractivity contribution in [1.29, 1.82) is 0 Å².